The zero-order valence-corrected chi connectivity index (χ0v) is 15.7. The number of hydrogen-bond donors (Lipinski definition) is 0. The van der Waals surface area contributed by atoms with Crippen molar-refractivity contribution in [3.63, 3.8) is 0 Å². The number of ether oxygens (including phenoxy) is 2. The molecule has 2 aliphatic rings. The molecular weight excluding hydrogens is 369 g/mol. The van der Waals surface area contributed by atoms with Gasteiger partial charge in [-0.15, -0.1) is 0 Å². The lowest BCUT2D eigenvalue weighted by Crippen LogP contribution is -2.44. The third-order valence-corrected chi connectivity index (χ3v) is 5.54. The first-order valence-electron chi connectivity index (χ1n) is 9.14. The van der Waals surface area contributed by atoms with Gasteiger partial charge in [0.1, 0.15) is 5.82 Å². The summed E-state index contributed by atoms with van der Waals surface area (Å²) < 4.78 is 24.7. The number of nitrogens with zero attached hydrogens (tertiary/aromatic N) is 1. The van der Waals surface area contributed by atoms with E-state index in [2.05, 4.69) is 4.90 Å². The van der Waals surface area contributed by atoms with Crippen LogP contribution in [0, 0.1) is 5.82 Å². The molecule has 4 nitrogen and oxygen atoms in total. The average Bonchev–Trinajstić information content (AvgIpc) is 3.12. The van der Waals surface area contributed by atoms with E-state index in [1.54, 1.807) is 12.1 Å². The van der Waals surface area contributed by atoms with Crippen LogP contribution in [0.1, 0.15) is 34.3 Å². The molecule has 0 unspecified atom stereocenters. The van der Waals surface area contributed by atoms with Crippen molar-refractivity contribution in [1.82, 2.24) is 4.90 Å². The molecule has 0 aliphatic carbocycles. The third-order valence-electron chi connectivity index (χ3n) is 5.23. The van der Waals surface area contributed by atoms with Gasteiger partial charge >= 0.3 is 0 Å². The van der Waals surface area contributed by atoms with Gasteiger partial charge in [-0.2, -0.15) is 0 Å². The van der Waals surface area contributed by atoms with E-state index in [1.807, 2.05) is 12.1 Å². The summed E-state index contributed by atoms with van der Waals surface area (Å²) in [6, 6.07) is 11.3. The predicted octanol–water partition coefficient (Wildman–Crippen LogP) is 4.05. The maximum atomic E-state index is 13.2. The lowest BCUT2D eigenvalue weighted by molar-refractivity contribution is -0.185. The van der Waals surface area contributed by atoms with Gasteiger partial charge in [0.2, 0.25) is 0 Å². The Labute approximate surface area is 162 Å². The number of carbonyl (C=O) groups excluding carboxylic acids is 1. The van der Waals surface area contributed by atoms with Crippen LogP contribution in [-0.2, 0) is 16.0 Å². The first kappa shape index (κ1) is 18.6. The Morgan fingerprint density at radius 1 is 1.07 bits per heavy atom. The van der Waals surface area contributed by atoms with Crippen LogP contribution in [0.4, 0.5) is 4.39 Å². The van der Waals surface area contributed by atoms with Gasteiger partial charge in [0, 0.05) is 43.6 Å². The molecule has 142 valence electrons. The number of ketones is 1. The van der Waals surface area contributed by atoms with E-state index in [0.29, 0.717) is 24.3 Å². The number of piperidine rings is 1. The summed E-state index contributed by atoms with van der Waals surface area (Å²) in [5.74, 6) is -1.02. The lowest BCUT2D eigenvalue weighted by atomic mass is 10.0. The van der Waals surface area contributed by atoms with Crippen LogP contribution in [0.5, 0.6) is 0 Å². The van der Waals surface area contributed by atoms with Crippen molar-refractivity contribution in [3.05, 3.63) is 70.0 Å². The van der Waals surface area contributed by atoms with E-state index in [0.717, 1.165) is 44.1 Å². The molecule has 0 atom stereocenters. The Bertz CT molecular complexity index is 824. The van der Waals surface area contributed by atoms with E-state index >= 15 is 0 Å². The minimum absolute atomic E-state index is 0.127. The highest BCUT2D eigenvalue weighted by atomic mass is 35.5. The van der Waals surface area contributed by atoms with Crippen molar-refractivity contribution in [1.29, 1.82) is 0 Å². The fourth-order valence-corrected chi connectivity index (χ4v) is 3.94. The third kappa shape index (κ3) is 4.06. The fraction of sp³-hybridized carbons (Fsp3) is 0.381. The molecule has 0 amide bonds. The standard InChI is InChI=1S/C21H21ClFNO3/c22-19-13-17(23)5-6-18(19)20(25)16-3-1-15(2-4-16)14-24-9-7-21(8-10-24)26-11-12-27-21/h1-6,13H,7-12,14H2. The summed E-state index contributed by atoms with van der Waals surface area (Å²) in [5.41, 5.74) is 1.99. The van der Waals surface area contributed by atoms with E-state index in [9.17, 15) is 9.18 Å². The van der Waals surface area contributed by atoms with Crippen LogP contribution >= 0.6 is 11.6 Å². The van der Waals surface area contributed by atoms with Crippen LogP contribution < -0.4 is 0 Å². The number of likely N-dealkylation sites (tertiary alicyclic amines) is 1. The highest BCUT2D eigenvalue weighted by Gasteiger charge is 2.39. The molecule has 0 N–H and O–H groups in total. The molecule has 1 spiro atoms. The molecule has 0 aromatic heterocycles. The molecule has 0 bridgehead atoms. The Kier molecular flexibility index (Phi) is 5.28. The molecule has 2 saturated heterocycles. The molecule has 2 aliphatic heterocycles. The highest BCUT2D eigenvalue weighted by molar-refractivity contribution is 6.35. The number of rotatable bonds is 4. The summed E-state index contributed by atoms with van der Waals surface area (Å²) in [5, 5.41) is 0.127. The molecular formula is C21H21ClFNO3. The van der Waals surface area contributed by atoms with Crippen molar-refractivity contribution < 1.29 is 18.7 Å². The van der Waals surface area contributed by atoms with Crippen molar-refractivity contribution in [2.45, 2.75) is 25.2 Å². The Balaban J connectivity index is 1.38. The maximum Gasteiger partial charge on any atom is 0.194 e. The van der Waals surface area contributed by atoms with Gasteiger partial charge in [0.05, 0.1) is 18.2 Å². The largest absolute Gasteiger partial charge is 0.347 e. The molecule has 2 fully saturated rings. The van der Waals surface area contributed by atoms with Crippen LogP contribution in [-0.4, -0.2) is 42.8 Å². The summed E-state index contributed by atoms with van der Waals surface area (Å²) >= 11 is 6.00. The van der Waals surface area contributed by atoms with Crippen LogP contribution in [0.2, 0.25) is 5.02 Å². The first-order chi connectivity index (χ1) is 13.0. The monoisotopic (exact) mass is 389 g/mol. The second-order valence-electron chi connectivity index (χ2n) is 7.03. The predicted molar refractivity (Wildman–Crippen MR) is 100 cm³/mol. The lowest BCUT2D eigenvalue weighted by Gasteiger charge is -2.37. The minimum Gasteiger partial charge on any atom is -0.347 e. The van der Waals surface area contributed by atoms with Crippen molar-refractivity contribution in [2.24, 2.45) is 0 Å². The van der Waals surface area contributed by atoms with Crippen molar-refractivity contribution in [2.75, 3.05) is 26.3 Å². The van der Waals surface area contributed by atoms with E-state index in [4.69, 9.17) is 21.1 Å². The first-order valence-corrected chi connectivity index (χ1v) is 9.51. The number of benzene rings is 2. The normalized spacial score (nSPS) is 19.5. The van der Waals surface area contributed by atoms with Gasteiger partial charge in [0.25, 0.3) is 0 Å². The second-order valence-corrected chi connectivity index (χ2v) is 7.44. The fourth-order valence-electron chi connectivity index (χ4n) is 3.69. The minimum atomic E-state index is -0.455. The van der Waals surface area contributed by atoms with Gasteiger partial charge in [-0.3, -0.25) is 9.69 Å². The molecule has 4 rings (SSSR count). The molecule has 6 heteroatoms. The van der Waals surface area contributed by atoms with E-state index in [-0.39, 0.29) is 16.6 Å². The zero-order valence-electron chi connectivity index (χ0n) is 14.9. The molecule has 2 aromatic rings. The zero-order chi connectivity index (χ0) is 18.9. The summed E-state index contributed by atoms with van der Waals surface area (Å²) in [6.07, 6.45) is 1.76. The van der Waals surface area contributed by atoms with Gasteiger partial charge in [-0.25, -0.2) is 4.39 Å². The molecule has 0 saturated carbocycles. The van der Waals surface area contributed by atoms with Gasteiger partial charge < -0.3 is 9.47 Å². The van der Waals surface area contributed by atoms with Gasteiger partial charge in [-0.1, -0.05) is 35.9 Å². The van der Waals surface area contributed by atoms with E-state index < -0.39 is 5.82 Å². The summed E-state index contributed by atoms with van der Waals surface area (Å²) in [7, 11) is 0. The van der Waals surface area contributed by atoms with Crippen molar-refractivity contribution in [3.8, 4) is 0 Å². The van der Waals surface area contributed by atoms with Gasteiger partial charge in [0.15, 0.2) is 11.6 Å². The van der Waals surface area contributed by atoms with Crippen molar-refractivity contribution >= 4 is 17.4 Å². The Morgan fingerprint density at radius 3 is 2.37 bits per heavy atom. The second kappa shape index (κ2) is 7.68. The molecule has 2 aromatic carbocycles. The Hall–Kier alpha value is -1.79. The SMILES string of the molecule is O=C(c1ccc(CN2CCC3(CC2)OCCO3)cc1)c1ccc(F)cc1Cl. The molecule has 2 heterocycles. The highest BCUT2D eigenvalue weighted by Crippen LogP contribution is 2.31. The van der Waals surface area contributed by atoms with Crippen LogP contribution in [0.25, 0.3) is 0 Å². The van der Waals surface area contributed by atoms with Crippen LogP contribution in [0.15, 0.2) is 42.5 Å². The molecule has 0 radical (unpaired) electrons. The summed E-state index contributed by atoms with van der Waals surface area (Å²) in [6.45, 7) is 4.04. The smallest absolute Gasteiger partial charge is 0.194 e. The quantitative estimate of drug-likeness (QED) is 0.739. The topological polar surface area (TPSA) is 38.8 Å². The number of halogens is 2. The maximum absolute atomic E-state index is 13.2. The summed E-state index contributed by atoms with van der Waals surface area (Å²) in [4.78, 5) is 14.9. The van der Waals surface area contributed by atoms with Gasteiger partial charge in [-0.05, 0) is 23.8 Å². The number of hydrogen-bond acceptors (Lipinski definition) is 4. The average molecular weight is 390 g/mol. The van der Waals surface area contributed by atoms with E-state index in [1.165, 1.54) is 12.1 Å². The molecule has 27 heavy (non-hydrogen) atoms. The Morgan fingerprint density at radius 2 is 1.74 bits per heavy atom. The number of carbonyl (C=O) groups is 1. The van der Waals surface area contributed by atoms with Crippen LogP contribution in [0.3, 0.4) is 0 Å².